The summed E-state index contributed by atoms with van der Waals surface area (Å²) in [5.74, 6) is -1.79. The third kappa shape index (κ3) is 5.24. The minimum Gasteiger partial charge on any atom is -0.449 e. The van der Waals surface area contributed by atoms with E-state index in [4.69, 9.17) is 4.74 Å². The third-order valence-corrected chi connectivity index (χ3v) is 3.73. The fourth-order valence-electron chi connectivity index (χ4n) is 2.24. The van der Waals surface area contributed by atoms with Gasteiger partial charge in [0.1, 0.15) is 11.5 Å². The van der Waals surface area contributed by atoms with Gasteiger partial charge in [-0.25, -0.2) is 9.18 Å². The largest absolute Gasteiger partial charge is 0.449 e. The highest BCUT2D eigenvalue weighted by Gasteiger charge is 2.22. The first-order chi connectivity index (χ1) is 12.8. The number of hydrogen-bond acceptors (Lipinski definition) is 6. The molecule has 2 rings (SSSR count). The van der Waals surface area contributed by atoms with Crippen molar-refractivity contribution in [1.29, 1.82) is 0 Å². The summed E-state index contributed by atoms with van der Waals surface area (Å²) in [5, 5.41) is 16.3. The number of carbonyl (C=O) groups excluding carboxylic acids is 2. The van der Waals surface area contributed by atoms with Crippen molar-refractivity contribution >= 4 is 23.3 Å². The van der Waals surface area contributed by atoms with Crippen molar-refractivity contribution in [1.82, 2.24) is 5.32 Å². The van der Waals surface area contributed by atoms with Gasteiger partial charge in [0, 0.05) is 19.7 Å². The van der Waals surface area contributed by atoms with Gasteiger partial charge < -0.3 is 15.4 Å². The van der Waals surface area contributed by atoms with Crippen LogP contribution in [0, 0.1) is 15.9 Å². The van der Waals surface area contributed by atoms with Crippen LogP contribution in [0.15, 0.2) is 42.5 Å². The Morgan fingerprint density at radius 1 is 1.22 bits per heavy atom. The van der Waals surface area contributed by atoms with Crippen molar-refractivity contribution in [3.8, 4) is 0 Å². The number of ether oxygens (including phenoxy) is 1. The van der Waals surface area contributed by atoms with Crippen molar-refractivity contribution in [2.75, 3.05) is 12.4 Å². The van der Waals surface area contributed by atoms with Gasteiger partial charge >= 0.3 is 5.97 Å². The Balaban J connectivity index is 1.97. The molecule has 0 aliphatic heterocycles. The lowest BCUT2D eigenvalue weighted by Gasteiger charge is -2.14. The van der Waals surface area contributed by atoms with E-state index < -0.39 is 22.9 Å². The topological polar surface area (TPSA) is 111 Å². The molecule has 0 radical (unpaired) electrons. The smallest absolute Gasteiger partial charge is 0.339 e. The van der Waals surface area contributed by atoms with Crippen LogP contribution in [0.1, 0.15) is 22.8 Å². The van der Waals surface area contributed by atoms with Gasteiger partial charge in [0.2, 0.25) is 0 Å². The first-order valence-electron chi connectivity index (χ1n) is 8.01. The number of carbonyl (C=O) groups is 2. The molecule has 0 saturated heterocycles. The lowest BCUT2D eigenvalue weighted by atomic mass is 10.1. The summed E-state index contributed by atoms with van der Waals surface area (Å²) in [4.78, 5) is 34.6. The molecule has 0 unspecified atom stereocenters. The fraction of sp³-hybridized carbons (Fsp3) is 0.222. The molecule has 142 valence electrons. The predicted molar refractivity (Wildman–Crippen MR) is 95.8 cm³/mol. The fourth-order valence-corrected chi connectivity index (χ4v) is 2.24. The Bertz CT molecular complexity index is 855. The van der Waals surface area contributed by atoms with Crippen LogP contribution in [0.25, 0.3) is 0 Å². The number of halogens is 1. The van der Waals surface area contributed by atoms with E-state index in [0.29, 0.717) is 5.56 Å². The number of rotatable bonds is 7. The number of nitro benzene ring substituents is 1. The van der Waals surface area contributed by atoms with Crippen molar-refractivity contribution < 1.29 is 23.6 Å². The van der Waals surface area contributed by atoms with Crippen molar-refractivity contribution in [2.45, 2.75) is 19.6 Å². The van der Waals surface area contributed by atoms with Crippen LogP contribution in [-0.4, -0.2) is 30.0 Å². The van der Waals surface area contributed by atoms with Crippen molar-refractivity contribution in [3.63, 3.8) is 0 Å². The summed E-state index contributed by atoms with van der Waals surface area (Å²) in [7, 11) is 1.52. The second-order valence-electron chi connectivity index (χ2n) is 5.63. The standard InChI is InChI=1S/C18H18FN3O5/c1-11(17(23)21-10-12-3-6-14(19)7-4-12)27-18(24)13-5-8-15(20-2)16(9-13)22(25)26/h3-9,11,20H,10H2,1-2H3,(H,21,23)/t11-/m1/s1. The molecule has 8 nitrogen and oxygen atoms in total. The zero-order valence-electron chi connectivity index (χ0n) is 14.7. The number of anilines is 1. The van der Waals surface area contributed by atoms with Gasteiger partial charge in [-0.15, -0.1) is 0 Å². The number of nitrogens with zero attached hydrogens (tertiary/aromatic N) is 1. The number of nitrogens with one attached hydrogen (secondary N) is 2. The van der Waals surface area contributed by atoms with Crippen LogP contribution in [0.3, 0.4) is 0 Å². The van der Waals surface area contributed by atoms with E-state index in [0.717, 1.165) is 6.07 Å². The van der Waals surface area contributed by atoms with E-state index in [9.17, 15) is 24.1 Å². The Kier molecular flexibility index (Phi) is 6.42. The molecule has 0 saturated carbocycles. The quantitative estimate of drug-likeness (QED) is 0.437. The Hall–Kier alpha value is -3.49. The van der Waals surface area contributed by atoms with Gasteiger partial charge in [0.05, 0.1) is 10.5 Å². The molecular weight excluding hydrogens is 357 g/mol. The average Bonchev–Trinajstić information content (AvgIpc) is 2.66. The number of benzene rings is 2. The number of esters is 1. The maximum Gasteiger partial charge on any atom is 0.339 e. The Morgan fingerprint density at radius 3 is 2.48 bits per heavy atom. The molecule has 9 heteroatoms. The van der Waals surface area contributed by atoms with Crippen LogP contribution >= 0.6 is 0 Å². The van der Waals surface area contributed by atoms with Crippen molar-refractivity contribution in [3.05, 3.63) is 69.5 Å². The maximum atomic E-state index is 12.9. The molecule has 0 aromatic heterocycles. The summed E-state index contributed by atoms with van der Waals surface area (Å²) in [6, 6.07) is 9.42. The van der Waals surface area contributed by atoms with Crippen LogP contribution < -0.4 is 10.6 Å². The first kappa shape index (κ1) is 19.8. The zero-order valence-corrected chi connectivity index (χ0v) is 14.7. The minimum atomic E-state index is -1.11. The van der Waals surface area contributed by atoms with E-state index in [2.05, 4.69) is 10.6 Å². The predicted octanol–water partition coefficient (Wildman–Crippen LogP) is 2.64. The highest BCUT2D eigenvalue weighted by molar-refractivity contribution is 5.93. The molecule has 1 atom stereocenters. The molecule has 0 aliphatic carbocycles. The molecule has 0 spiro atoms. The zero-order chi connectivity index (χ0) is 20.0. The average molecular weight is 375 g/mol. The van der Waals surface area contributed by atoms with Crippen LogP contribution in [0.2, 0.25) is 0 Å². The Morgan fingerprint density at radius 2 is 1.89 bits per heavy atom. The second-order valence-corrected chi connectivity index (χ2v) is 5.63. The van der Waals surface area contributed by atoms with Gasteiger partial charge in [-0.05, 0) is 36.8 Å². The number of nitro groups is 1. The van der Waals surface area contributed by atoms with E-state index in [1.807, 2.05) is 0 Å². The van der Waals surface area contributed by atoms with Gasteiger partial charge in [-0.3, -0.25) is 14.9 Å². The van der Waals surface area contributed by atoms with Crippen LogP contribution in [0.4, 0.5) is 15.8 Å². The monoisotopic (exact) mass is 375 g/mol. The number of amides is 1. The lowest BCUT2D eigenvalue weighted by Crippen LogP contribution is -2.35. The molecule has 2 N–H and O–H groups in total. The summed E-state index contributed by atoms with van der Waals surface area (Å²) in [6.07, 6.45) is -1.11. The van der Waals surface area contributed by atoms with E-state index >= 15 is 0 Å². The molecule has 0 heterocycles. The molecule has 2 aromatic rings. The van der Waals surface area contributed by atoms with Crippen molar-refractivity contribution in [2.24, 2.45) is 0 Å². The van der Waals surface area contributed by atoms with Gasteiger partial charge in [0.15, 0.2) is 6.10 Å². The summed E-state index contributed by atoms with van der Waals surface area (Å²) in [6.45, 7) is 1.53. The highest BCUT2D eigenvalue weighted by Crippen LogP contribution is 2.25. The highest BCUT2D eigenvalue weighted by atomic mass is 19.1. The maximum absolute atomic E-state index is 12.9. The summed E-state index contributed by atoms with van der Waals surface area (Å²) >= 11 is 0. The molecule has 27 heavy (non-hydrogen) atoms. The first-order valence-corrected chi connectivity index (χ1v) is 8.01. The van der Waals surface area contributed by atoms with Crippen LogP contribution in [0.5, 0.6) is 0 Å². The molecule has 0 fully saturated rings. The number of hydrogen-bond donors (Lipinski definition) is 2. The summed E-state index contributed by atoms with van der Waals surface area (Å²) in [5.41, 5.74) is 0.613. The molecule has 1 amide bonds. The van der Waals surface area contributed by atoms with E-state index in [-0.39, 0.29) is 29.3 Å². The van der Waals surface area contributed by atoms with Gasteiger partial charge in [0.25, 0.3) is 11.6 Å². The Labute approximate surface area is 154 Å². The van der Waals surface area contributed by atoms with E-state index in [1.54, 1.807) is 0 Å². The SMILES string of the molecule is CNc1ccc(C(=O)O[C@H](C)C(=O)NCc2ccc(F)cc2)cc1[N+](=O)[O-]. The third-order valence-electron chi connectivity index (χ3n) is 3.73. The minimum absolute atomic E-state index is 0.0427. The second kappa shape index (κ2) is 8.75. The summed E-state index contributed by atoms with van der Waals surface area (Å²) < 4.78 is 17.9. The lowest BCUT2D eigenvalue weighted by molar-refractivity contribution is -0.384. The van der Waals surface area contributed by atoms with Gasteiger partial charge in [-0.2, -0.15) is 0 Å². The molecule has 0 bridgehead atoms. The van der Waals surface area contributed by atoms with E-state index in [1.165, 1.54) is 50.4 Å². The molecule has 0 aliphatic rings. The van der Waals surface area contributed by atoms with Crippen LogP contribution in [-0.2, 0) is 16.1 Å². The molecule has 2 aromatic carbocycles. The molecular formula is C18H18FN3O5. The van der Waals surface area contributed by atoms with Gasteiger partial charge in [-0.1, -0.05) is 12.1 Å². The normalized spacial score (nSPS) is 11.4.